The first-order valence-electron chi connectivity index (χ1n) is 6.25. The van der Waals surface area contributed by atoms with Crippen LogP contribution in [-0.4, -0.2) is 31.9 Å². The van der Waals surface area contributed by atoms with Crippen LogP contribution in [0.1, 0.15) is 39.5 Å². The standard InChI is InChI=1S/C12H26N2OS/c1-4-6-7-11(5-2)10-14-12(16)13-8-9-15-3/h11H,4-10H2,1-3H3,(H2,13,14,16). The molecule has 0 spiro atoms. The van der Waals surface area contributed by atoms with E-state index in [2.05, 4.69) is 24.5 Å². The molecule has 0 bridgehead atoms. The van der Waals surface area contributed by atoms with Crippen LogP contribution in [-0.2, 0) is 4.74 Å². The minimum absolute atomic E-state index is 0.689. The van der Waals surface area contributed by atoms with E-state index in [0.29, 0.717) is 6.61 Å². The van der Waals surface area contributed by atoms with E-state index in [1.807, 2.05) is 0 Å². The van der Waals surface area contributed by atoms with Gasteiger partial charge in [-0.2, -0.15) is 0 Å². The van der Waals surface area contributed by atoms with Crippen LogP contribution in [0.25, 0.3) is 0 Å². The summed E-state index contributed by atoms with van der Waals surface area (Å²) in [6.45, 7) is 6.92. The van der Waals surface area contributed by atoms with Crippen molar-refractivity contribution in [3.05, 3.63) is 0 Å². The van der Waals surface area contributed by atoms with Gasteiger partial charge < -0.3 is 15.4 Å². The lowest BCUT2D eigenvalue weighted by atomic mass is 9.99. The Hall–Kier alpha value is -0.350. The molecule has 0 fully saturated rings. The maximum Gasteiger partial charge on any atom is 0.166 e. The number of hydrogen-bond acceptors (Lipinski definition) is 2. The van der Waals surface area contributed by atoms with E-state index in [9.17, 15) is 0 Å². The molecule has 0 aromatic heterocycles. The summed E-state index contributed by atoms with van der Waals surface area (Å²) in [5, 5.41) is 7.12. The second-order valence-electron chi connectivity index (χ2n) is 4.05. The third-order valence-electron chi connectivity index (χ3n) is 2.69. The normalized spacial score (nSPS) is 12.2. The molecular weight excluding hydrogens is 220 g/mol. The molecule has 0 heterocycles. The molecule has 0 radical (unpaired) electrons. The first-order chi connectivity index (χ1) is 7.74. The Kier molecular flexibility index (Phi) is 10.9. The zero-order valence-electron chi connectivity index (χ0n) is 10.8. The van der Waals surface area contributed by atoms with E-state index in [4.69, 9.17) is 17.0 Å². The van der Waals surface area contributed by atoms with Crippen molar-refractivity contribution in [2.75, 3.05) is 26.8 Å². The molecule has 0 aliphatic heterocycles. The molecule has 0 aliphatic rings. The number of ether oxygens (including phenoxy) is 1. The van der Waals surface area contributed by atoms with Crippen molar-refractivity contribution in [2.45, 2.75) is 39.5 Å². The van der Waals surface area contributed by atoms with E-state index in [1.165, 1.54) is 25.7 Å². The van der Waals surface area contributed by atoms with Crippen molar-refractivity contribution in [2.24, 2.45) is 5.92 Å². The Morgan fingerprint density at radius 3 is 2.62 bits per heavy atom. The van der Waals surface area contributed by atoms with E-state index >= 15 is 0 Å². The summed E-state index contributed by atoms with van der Waals surface area (Å²) in [7, 11) is 1.69. The van der Waals surface area contributed by atoms with Crippen molar-refractivity contribution < 1.29 is 4.74 Å². The zero-order chi connectivity index (χ0) is 12.2. The molecule has 16 heavy (non-hydrogen) atoms. The largest absolute Gasteiger partial charge is 0.383 e. The molecule has 0 rings (SSSR count). The Morgan fingerprint density at radius 2 is 2.06 bits per heavy atom. The highest BCUT2D eigenvalue weighted by atomic mass is 32.1. The van der Waals surface area contributed by atoms with Gasteiger partial charge in [-0.25, -0.2) is 0 Å². The SMILES string of the molecule is CCCCC(CC)CNC(=S)NCCOC. The molecule has 0 amide bonds. The van der Waals surface area contributed by atoms with Gasteiger partial charge in [-0.15, -0.1) is 0 Å². The van der Waals surface area contributed by atoms with Crippen LogP contribution in [0.4, 0.5) is 0 Å². The molecule has 0 saturated carbocycles. The second kappa shape index (κ2) is 11.1. The lowest BCUT2D eigenvalue weighted by Crippen LogP contribution is -2.39. The van der Waals surface area contributed by atoms with Gasteiger partial charge in [0.05, 0.1) is 6.61 Å². The topological polar surface area (TPSA) is 33.3 Å². The Morgan fingerprint density at radius 1 is 1.31 bits per heavy atom. The third kappa shape index (κ3) is 8.92. The third-order valence-corrected chi connectivity index (χ3v) is 2.97. The van der Waals surface area contributed by atoms with Crippen molar-refractivity contribution >= 4 is 17.3 Å². The van der Waals surface area contributed by atoms with Crippen LogP contribution in [0.5, 0.6) is 0 Å². The van der Waals surface area contributed by atoms with Gasteiger partial charge in [-0.1, -0.05) is 33.1 Å². The summed E-state index contributed by atoms with van der Waals surface area (Å²) in [6.07, 6.45) is 5.09. The summed E-state index contributed by atoms with van der Waals surface area (Å²) in [4.78, 5) is 0. The highest BCUT2D eigenvalue weighted by molar-refractivity contribution is 7.80. The van der Waals surface area contributed by atoms with Gasteiger partial charge in [-0.05, 0) is 24.6 Å². The molecule has 3 nitrogen and oxygen atoms in total. The number of thiocarbonyl (C=S) groups is 1. The number of hydrogen-bond donors (Lipinski definition) is 2. The van der Waals surface area contributed by atoms with Gasteiger partial charge in [0.15, 0.2) is 5.11 Å². The second-order valence-corrected chi connectivity index (χ2v) is 4.45. The maximum atomic E-state index is 5.17. The van der Waals surface area contributed by atoms with Gasteiger partial charge in [0.1, 0.15) is 0 Å². The van der Waals surface area contributed by atoms with E-state index < -0.39 is 0 Å². The molecule has 0 aromatic carbocycles. The average molecular weight is 246 g/mol. The summed E-state index contributed by atoms with van der Waals surface area (Å²) in [5.74, 6) is 0.738. The van der Waals surface area contributed by atoms with Gasteiger partial charge >= 0.3 is 0 Å². The lowest BCUT2D eigenvalue weighted by Gasteiger charge is -2.17. The highest BCUT2D eigenvalue weighted by Crippen LogP contribution is 2.10. The number of nitrogens with one attached hydrogen (secondary N) is 2. The predicted octanol–water partition coefficient (Wildman–Crippen LogP) is 2.31. The van der Waals surface area contributed by atoms with Gasteiger partial charge in [0, 0.05) is 20.2 Å². The first-order valence-corrected chi connectivity index (χ1v) is 6.66. The quantitative estimate of drug-likeness (QED) is 0.483. The fraction of sp³-hybridized carbons (Fsp3) is 0.917. The molecule has 4 heteroatoms. The van der Waals surface area contributed by atoms with Crippen LogP contribution in [0.2, 0.25) is 0 Å². The van der Waals surface area contributed by atoms with Crippen LogP contribution in [0.3, 0.4) is 0 Å². The lowest BCUT2D eigenvalue weighted by molar-refractivity contribution is 0.204. The molecular formula is C12H26N2OS. The Labute approximate surface area is 105 Å². The smallest absolute Gasteiger partial charge is 0.166 e. The number of rotatable bonds is 9. The van der Waals surface area contributed by atoms with Gasteiger partial charge in [0.25, 0.3) is 0 Å². The number of unbranched alkanes of at least 4 members (excludes halogenated alkanes) is 1. The summed E-state index contributed by atoms with van der Waals surface area (Å²) < 4.78 is 4.94. The molecule has 0 aliphatic carbocycles. The van der Waals surface area contributed by atoms with Crippen molar-refractivity contribution in [3.63, 3.8) is 0 Å². The molecule has 0 saturated heterocycles. The highest BCUT2D eigenvalue weighted by Gasteiger charge is 2.05. The summed E-state index contributed by atoms with van der Waals surface area (Å²) >= 11 is 5.17. The van der Waals surface area contributed by atoms with E-state index in [-0.39, 0.29) is 0 Å². The molecule has 0 aromatic rings. The fourth-order valence-electron chi connectivity index (χ4n) is 1.51. The van der Waals surface area contributed by atoms with Gasteiger partial charge in [-0.3, -0.25) is 0 Å². The minimum atomic E-state index is 0.689. The van der Waals surface area contributed by atoms with Crippen LogP contribution >= 0.6 is 12.2 Å². The van der Waals surface area contributed by atoms with Crippen LogP contribution in [0.15, 0.2) is 0 Å². The van der Waals surface area contributed by atoms with Gasteiger partial charge in [0.2, 0.25) is 0 Å². The summed E-state index contributed by atoms with van der Waals surface area (Å²) in [6, 6.07) is 0. The Balaban J connectivity index is 3.54. The van der Waals surface area contributed by atoms with E-state index in [0.717, 1.165) is 24.1 Å². The predicted molar refractivity (Wildman–Crippen MR) is 73.8 cm³/mol. The summed E-state index contributed by atoms with van der Waals surface area (Å²) in [5.41, 5.74) is 0. The van der Waals surface area contributed by atoms with Crippen molar-refractivity contribution in [1.82, 2.24) is 10.6 Å². The molecule has 1 unspecified atom stereocenters. The molecule has 2 N–H and O–H groups in total. The van der Waals surface area contributed by atoms with Crippen LogP contribution < -0.4 is 10.6 Å². The molecule has 1 atom stereocenters. The maximum absolute atomic E-state index is 5.17. The fourth-order valence-corrected chi connectivity index (χ4v) is 1.69. The number of methoxy groups -OCH3 is 1. The van der Waals surface area contributed by atoms with Crippen LogP contribution in [0, 0.1) is 5.92 Å². The Bertz CT molecular complexity index is 176. The first kappa shape index (κ1) is 15.7. The molecule has 96 valence electrons. The minimum Gasteiger partial charge on any atom is -0.383 e. The zero-order valence-corrected chi connectivity index (χ0v) is 11.7. The monoisotopic (exact) mass is 246 g/mol. The average Bonchev–Trinajstić information content (AvgIpc) is 2.30. The van der Waals surface area contributed by atoms with Crippen molar-refractivity contribution in [3.8, 4) is 0 Å². The van der Waals surface area contributed by atoms with Crippen molar-refractivity contribution in [1.29, 1.82) is 0 Å². The van der Waals surface area contributed by atoms with E-state index in [1.54, 1.807) is 7.11 Å².